The van der Waals surface area contributed by atoms with E-state index in [1.807, 2.05) is 6.26 Å². The topological polar surface area (TPSA) is 35.4 Å². The summed E-state index contributed by atoms with van der Waals surface area (Å²) in [6.07, 6.45) is -0.0215. The van der Waals surface area contributed by atoms with E-state index in [9.17, 15) is 18.3 Å². The molecule has 0 fully saturated rings. The lowest BCUT2D eigenvalue weighted by atomic mass is 9.97. The second-order valence-corrected chi connectivity index (χ2v) is 9.07. The first-order chi connectivity index (χ1) is 14.5. The molecule has 0 aromatic heterocycles. The highest BCUT2D eigenvalue weighted by Crippen LogP contribution is 2.41. The Kier molecular flexibility index (Phi) is 9.90. The molecule has 0 amide bonds. The van der Waals surface area contributed by atoms with Gasteiger partial charge in [0.15, 0.2) is 0 Å². The molecule has 1 atom stereocenters. The number of hydrogen-bond acceptors (Lipinski definition) is 3. The van der Waals surface area contributed by atoms with Crippen LogP contribution < -0.4 is 5.11 Å². The van der Waals surface area contributed by atoms with Crippen molar-refractivity contribution < 1.29 is 18.3 Å². The van der Waals surface area contributed by atoms with Crippen LogP contribution in [0.1, 0.15) is 29.0 Å². The van der Waals surface area contributed by atoms with Crippen molar-refractivity contribution in [3.05, 3.63) is 73.2 Å². The Morgan fingerprint density at radius 1 is 1.10 bits per heavy atom. The van der Waals surface area contributed by atoms with Crippen LogP contribution in [0.3, 0.4) is 0 Å². The van der Waals surface area contributed by atoms with E-state index >= 15 is 0 Å². The zero-order valence-electron chi connectivity index (χ0n) is 16.1. The number of hydrogen-bond donors (Lipinski definition) is 0. The summed E-state index contributed by atoms with van der Waals surface area (Å²) in [5, 5.41) is 11.8. The maximum atomic E-state index is 13.6. The Balaban J connectivity index is 2.24. The van der Waals surface area contributed by atoms with E-state index in [2.05, 4.69) is 4.99 Å². The van der Waals surface area contributed by atoms with Crippen molar-refractivity contribution >= 4 is 70.1 Å². The minimum absolute atomic E-state index is 0.00305. The van der Waals surface area contributed by atoms with Gasteiger partial charge in [0.05, 0.1) is 27.5 Å². The number of nitrogens with zero attached hydrogens (tertiary/aromatic N) is 1. The molecule has 0 saturated carbocycles. The molecule has 31 heavy (non-hydrogen) atoms. The van der Waals surface area contributed by atoms with E-state index in [1.165, 1.54) is 12.1 Å². The molecule has 0 heterocycles. The van der Waals surface area contributed by atoms with Crippen molar-refractivity contribution in [2.45, 2.75) is 25.1 Å². The van der Waals surface area contributed by atoms with E-state index in [0.717, 1.165) is 18.2 Å². The number of alkyl halides is 3. The second kappa shape index (κ2) is 11.7. The molecule has 2 rings (SSSR count). The predicted octanol–water partition coefficient (Wildman–Crippen LogP) is 7.67. The molecule has 1 unspecified atom stereocenters. The maximum absolute atomic E-state index is 13.6. The Bertz CT molecular complexity index is 957. The third kappa shape index (κ3) is 7.79. The Morgan fingerprint density at radius 2 is 1.74 bits per heavy atom. The van der Waals surface area contributed by atoms with E-state index in [4.69, 9.17) is 46.4 Å². The molecular weight excluding hydrogens is 513 g/mol. The molecule has 0 aliphatic rings. The van der Waals surface area contributed by atoms with E-state index in [-0.39, 0.29) is 33.1 Å². The largest absolute Gasteiger partial charge is 0.862 e. The Labute approximate surface area is 203 Å². The average Bonchev–Trinajstić information content (AvgIpc) is 2.68. The van der Waals surface area contributed by atoms with Gasteiger partial charge in [-0.25, -0.2) is 0 Å². The van der Waals surface area contributed by atoms with Gasteiger partial charge in [-0.1, -0.05) is 70.7 Å². The molecule has 10 heteroatoms. The molecule has 0 radical (unpaired) electrons. The third-order valence-electron chi connectivity index (χ3n) is 4.22. The highest BCUT2D eigenvalue weighted by molar-refractivity contribution is 7.98. The molecule has 168 valence electrons. The van der Waals surface area contributed by atoms with Crippen LogP contribution in [0, 0.1) is 0 Å². The molecule has 0 saturated heterocycles. The van der Waals surface area contributed by atoms with Crippen molar-refractivity contribution in [3.63, 3.8) is 0 Å². The van der Waals surface area contributed by atoms with Gasteiger partial charge in [-0.15, -0.1) is 0 Å². The average molecular weight is 530 g/mol. The highest BCUT2D eigenvalue weighted by atomic mass is 35.5. The van der Waals surface area contributed by atoms with Crippen molar-refractivity contribution in [3.8, 4) is 0 Å². The standard InChI is InChI=1S/C21H18Cl4F3NOS/c1-31-7-6-19(30)29-11-13-4-2-12(8-16(13)22)3-5-15(21(26,27)28)14-9-17(23)20(25)18(24)10-14/h2-5,8-10,15H,6-7,11H2,1H3,(H,29,30)/p-1/b5-3+. The lowest BCUT2D eigenvalue weighted by Gasteiger charge is -2.18. The molecule has 0 spiro atoms. The van der Waals surface area contributed by atoms with Crippen molar-refractivity contribution in [1.82, 2.24) is 0 Å². The van der Waals surface area contributed by atoms with Crippen LogP contribution in [0.5, 0.6) is 0 Å². The van der Waals surface area contributed by atoms with Gasteiger partial charge in [-0.05, 0) is 59.2 Å². The first-order valence-electron chi connectivity index (χ1n) is 8.90. The first-order valence-corrected chi connectivity index (χ1v) is 11.8. The summed E-state index contributed by atoms with van der Waals surface area (Å²) in [5.74, 6) is -1.48. The maximum Gasteiger partial charge on any atom is 0.399 e. The quantitative estimate of drug-likeness (QED) is 0.200. The molecule has 0 N–H and O–H groups in total. The van der Waals surface area contributed by atoms with Crippen molar-refractivity contribution in [2.75, 3.05) is 12.0 Å². The zero-order chi connectivity index (χ0) is 23.2. The summed E-state index contributed by atoms with van der Waals surface area (Å²) < 4.78 is 40.9. The molecule has 0 bridgehead atoms. The number of rotatable bonds is 8. The van der Waals surface area contributed by atoms with Gasteiger partial charge in [0.1, 0.15) is 0 Å². The summed E-state index contributed by atoms with van der Waals surface area (Å²) in [4.78, 5) is 3.95. The lowest BCUT2D eigenvalue weighted by molar-refractivity contribution is -0.218. The number of halogens is 7. The monoisotopic (exact) mass is 528 g/mol. The predicted molar refractivity (Wildman–Crippen MR) is 125 cm³/mol. The van der Waals surface area contributed by atoms with Crippen molar-refractivity contribution in [1.29, 1.82) is 0 Å². The third-order valence-corrected chi connectivity index (χ3v) is 6.38. The van der Waals surface area contributed by atoms with Crippen LogP contribution in [0.2, 0.25) is 20.1 Å². The Hall–Kier alpha value is -1.05. The lowest BCUT2D eigenvalue weighted by Crippen LogP contribution is -2.19. The van der Waals surface area contributed by atoms with Gasteiger partial charge in [0, 0.05) is 5.02 Å². The molecule has 2 nitrogen and oxygen atoms in total. The van der Waals surface area contributed by atoms with E-state index < -0.39 is 12.1 Å². The second-order valence-electron chi connectivity index (χ2n) is 6.48. The molecule has 2 aromatic carbocycles. The van der Waals surface area contributed by atoms with Crippen molar-refractivity contribution in [2.24, 2.45) is 4.99 Å². The molecular formula is C21H17Cl4F3NOS-. The van der Waals surface area contributed by atoms with Crippen LogP contribution in [0.25, 0.3) is 6.08 Å². The van der Waals surface area contributed by atoms with Crippen LogP contribution in [-0.4, -0.2) is 24.1 Å². The summed E-state index contributed by atoms with van der Waals surface area (Å²) >= 11 is 25.4. The summed E-state index contributed by atoms with van der Waals surface area (Å²) in [5.41, 5.74) is 0.941. The Morgan fingerprint density at radius 3 is 2.29 bits per heavy atom. The van der Waals surface area contributed by atoms with Gasteiger partial charge < -0.3 is 10.1 Å². The molecule has 2 aromatic rings. The fraction of sp³-hybridized carbons (Fsp3) is 0.286. The smallest absolute Gasteiger partial charge is 0.399 e. The van der Waals surface area contributed by atoms with E-state index in [1.54, 1.807) is 23.9 Å². The van der Waals surface area contributed by atoms with Gasteiger partial charge >= 0.3 is 6.18 Å². The summed E-state index contributed by atoms with van der Waals surface area (Å²) in [6, 6.07) is 7.04. The summed E-state index contributed by atoms with van der Waals surface area (Å²) in [6.45, 7) is 0.114. The first kappa shape index (κ1) is 26.2. The number of thioether (sulfide) groups is 1. The number of allylic oxidation sites excluding steroid dienone is 1. The SMILES string of the molecule is CSCCC([O-])=NCc1ccc(/C=C/C(c2cc(Cl)c(Cl)c(Cl)c2)C(F)(F)F)cc1Cl. The highest BCUT2D eigenvalue weighted by Gasteiger charge is 2.39. The zero-order valence-corrected chi connectivity index (χ0v) is 20.0. The fourth-order valence-corrected chi connectivity index (χ4v) is 3.85. The molecule has 0 aliphatic carbocycles. The normalized spacial score (nSPS) is 13.7. The molecule has 0 aliphatic heterocycles. The van der Waals surface area contributed by atoms with Crippen LogP contribution in [0.4, 0.5) is 13.2 Å². The number of aliphatic imine (C=N–C) groups is 1. The summed E-state index contributed by atoms with van der Waals surface area (Å²) in [7, 11) is 0. The van der Waals surface area contributed by atoms with Crippen LogP contribution in [0.15, 0.2) is 41.4 Å². The minimum Gasteiger partial charge on any atom is -0.862 e. The van der Waals surface area contributed by atoms with Crippen LogP contribution in [-0.2, 0) is 6.54 Å². The van der Waals surface area contributed by atoms with Gasteiger partial charge in [-0.3, -0.25) is 0 Å². The fourth-order valence-electron chi connectivity index (χ4n) is 2.61. The van der Waals surface area contributed by atoms with Crippen LogP contribution >= 0.6 is 58.2 Å². The van der Waals surface area contributed by atoms with E-state index in [0.29, 0.717) is 28.3 Å². The minimum atomic E-state index is -4.57. The number of benzene rings is 2. The van der Waals surface area contributed by atoms with Gasteiger partial charge in [-0.2, -0.15) is 24.9 Å². The van der Waals surface area contributed by atoms with Gasteiger partial charge in [0.2, 0.25) is 0 Å². The van der Waals surface area contributed by atoms with Gasteiger partial charge in [0.25, 0.3) is 0 Å².